The van der Waals surface area contributed by atoms with Crippen LogP contribution in [-0.2, 0) is 0 Å². The summed E-state index contributed by atoms with van der Waals surface area (Å²) in [5.41, 5.74) is 0.774. The summed E-state index contributed by atoms with van der Waals surface area (Å²) in [7, 11) is 0. The van der Waals surface area contributed by atoms with Gasteiger partial charge in [0.2, 0.25) is 5.95 Å². The van der Waals surface area contributed by atoms with E-state index in [1.807, 2.05) is 0 Å². The number of carbonyl (C=O) groups is 1. The second-order valence-corrected chi connectivity index (χ2v) is 3.10. The highest BCUT2D eigenvalue weighted by molar-refractivity contribution is 5.88. The fraction of sp³-hybridized carbons (Fsp3) is 0. The van der Waals surface area contributed by atoms with Gasteiger partial charge in [0.25, 0.3) is 0 Å². The molecule has 2 aromatic heterocycles. The minimum Gasteiger partial charge on any atom is -0.478 e. The third-order valence-electron chi connectivity index (χ3n) is 2.02. The number of pyridine rings is 2. The van der Waals surface area contributed by atoms with E-state index in [4.69, 9.17) is 5.11 Å². The average molecular weight is 218 g/mol. The van der Waals surface area contributed by atoms with Crippen LogP contribution in [0.2, 0.25) is 0 Å². The average Bonchev–Trinajstić information content (AvgIpc) is 2.29. The lowest BCUT2D eigenvalue weighted by molar-refractivity contribution is 0.0696. The zero-order chi connectivity index (χ0) is 11.5. The Hall–Kier alpha value is -2.30. The summed E-state index contributed by atoms with van der Waals surface area (Å²) in [6.45, 7) is 0. The van der Waals surface area contributed by atoms with E-state index < -0.39 is 11.9 Å². The number of hydrogen-bond acceptors (Lipinski definition) is 3. The van der Waals surface area contributed by atoms with Crippen LogP contribution in [0.3, 0.4) is 0 Å². The molecule has 0 aromatic carbocycles. The van der Waals surface area contributed by atoms with E-state index in [9.17, 15) is 9.18 Å². The summed E-state index contributed by atoms with van der Waals surface area (Å²) in [4.78, 5) is 18.2. The first kappa shape index (κ1) is 10.2. The van der Waals surface area contributed by atoms with Gasteiger partial charge in [-0.1, -0.05) is 0 Å². The number of aromatic carboxylic acids is 1. The van der Waals surface area contributed by atoms with Crippen molar-refractivity contribution < 1.29 is 14.3 Å². The molecule has 2 heterocycles. The summed E-state index contributed by atoms with van der Waals surface area (Å²) >= 11 is 0. The third kappa shape index (κ3) is 2.03. The van der Waals surface area contributed by atoms with Gasteiger partial charge in [-0.15, -0.1) is 0 Å². The van der Waals surface area contributed by atoms with Crippen molar-refractivity contribution in [1.82, 2.24) is 9.97 Å². The summed E-state index contributed by atoms with van der Waals surface area (Å²) in [6.07, 6.45) is 3.06. The van der Waals surface area contributed by atoms with Gasteiger partial charge in [-0.3, -0.25) is 4.98 Å². The van der Waals surface area contributed by atoms with E-state index in [1.54, 1.807) is 12.1 Å². The molecular weight excluding hydrogens is 211 g/mol. The zero-order valence-corrected chi connectivity index (χ0v) is 8.09. The maximum atomic E-state index is 13.1. The summed E-state index contributed by atoms with van der Waals surface area (Å²) in [5, 5.41) is 8.77. The molecule has 2 rings (SSSR count). The second kappa shape index (κ2) is 4.06. The van der Waals surface area contributed by atoms with E-state index in [1.165, 1.54) is 18.5 Å². The summed E-state index contributed by atoms with van der Waals surface area (Å²) < 4.78 is 13.1. The van der Waals surface area contributed by atoms with Crippen molar-refractivity contribution in [3.05, 3.63) is 48.2 Å². The van der Waals surface area contributed by atoms with Gasteiger partial charge in [0.15, 0.2) is 0 Å². The molecule has 0 unspecified atom stereocenters. The fourth-order valence-corrected chi connectivity index (χ4v) is 1.29. The first-order chi connectivity index (χ1) is 7.66. The Labute approximate surface area is 90.4 Å². The smallest absolute Gasteiger partial charge is 0.335 e. The Morgan fingerprint density at radius 1 is 1.25 bits per heavy atom. The molecule has 0 amide bonds. The van der Waals surface area contributed by atoms with Crippen LogP contribution >= 0.6 is 0 Å². The quantitative estimate of drug-likeness (QED) is 0.783. The molecule has 0 aliphatic carbocycles. The summed E-state index contributed by atoms with van der Waals surface area (Å²) in [6, 6.07) is 5.47. The normalized spacial score (nSPS) is 10.1. The first-order valence-electron chi connectivity index (χ1n) is 4.48. The molecule has 0 radical (unpaired) electrons. The van der Waals surface area contributed by atoms with E-state index in [0.717, 1.165) is 6.07 Å². The van der Waals surface area contributed by atoms with Gasteiger partial charge in [-0.2, -0.15) is 4.39 Å². The third-order valence-corrected chi connectivity index (χ3v) is 2.02. The Balaban J connectivity index is 2.54. The number of carboxylic acid groups (broad SMARTS) is 1. The topological polar surface area (TPSA) is 63.1 Å². The van der Waals surface area contributed by atoms with Gasteiger partial charge in [0, 0.05) is 24.0 Å². The van der Waals surface area contributed by atoms with Crippen molar-refractivity contribution in [3.63, 3.8) is 0 Å². The largest absolute Gasteiger partial charge is 0.478 e. The molecule has 80 valence electrons. The molecule has 0 spiro atoms. The highest BCUT2D eigenvalue weighted by Gasteiger charge is 2.09. The van der Waals surface area contributed by atoms with Crippen molar-refractivity contribution in [2.75, 3.05) is 0 Å². The van der Waals surface area contributed by atoms with Crippen LogP contribution in [-0.4, -0.2) is 21.0 Å². The van der Waals surface area contributed by atoms with Gasteiger partial charge in [-0.25, -0.2) is 9.78 Å². The van der Waals surface area contributed by atoms with Crippen LogP contribution in [0.5, 0.6) is 0 Å². The maximum Gasteiger partial charge on any atom is 0.335 e. The number of halogens is 1. The standard InChI is InChI=1S/C11H7FN2O2/c12-10-6-8(11(15)16)5-9(14-10)7-1-3-13-4-2-7/h1-6H,(H,15,16). The molecule has 16 heavy (non-hydrogen) atoms. The predicted molar refractivity (Wildman–Crippen MR) is 54.4 cm³/mol. The second-order valence-electron chi connectivity index (χ2n) is 3.10. The first-order valence-corrected chi connectivity index (χ1v) is 4.48. The Kier molecular flexibility index (Phi) is 2.59. The van der Waals surface area contributed by atoms with Gasteiger partial charge >= 0.3 is 5.97 Å². The fourth-order valence-electron chi connectivity index (χ4n) is 1.29. The number of hydrogen-bond donors (Lipinski definition) is 1. The molecule has 1 N–H and O–H groups in total. The SMILES string of the molecule is O=C(O)c1cc(F)nc(-c2ccncc2)c1. The molecule has 5 heteroatoms. The molecule has 4 nitrogen and oxygen atoms in total. The molecule has 0 bridgehead atoms. The Bertz CT molecular complexity index is 529. The molecule has 2 aromatic rings. The van der Waals surface area contributed by atoms with Crippen molar-refractivity contribution >= 4 is 5.97 Å². The molecular formula is C11H7FN2O2. The molecule has 0 saturated carbocycles. The predicted octanol–water partition coefficient (Wildman–Crippen LogP) is 1.98. The molecule has 0 fully saturated rings. The van der Waals surface area contributed by atoms with E-state index in [-0.39, 0.29) is 11.3 Å². The minimum absolute atomic E-state index is 0.126. The lowest BCUT2D eigenvalue weighted by atomic mass is 10.1. The monoisotopic (exact) mass is 218 g/mol. The van der Waals surface area contributed by atoms with Crippen LogP contribution in [0.1, 0.15) is 10.4 Å². The van der Waals surface area contributed by atoms with Gasteiger partial charge in [0.05, 0.1) is 11.3 Å². The van der Waals surface area contributed by atoms with Crippen LogP contribution < -0.4 is 0 Å². The summed E-state index contributed by atoms with van der Waals surface area (Å²) in [5.74, 6) is -2.00. The van der Waals surface area contributed by atoms with E-state index in [2.05, 4.69) is 9.97 Å². The highest BCUT2D eigenvalue weighted by Crippen LogP contribution is 2.17. The maximum absolute atomic E-state index is 13.1. The number of nitrogens with zero attached hydrogens (tertiary/aromatic N) is 2. The Morgan fingerprint density at radius 3 is 2.56 bits per heavy atom. The van der Waals surface area contributed by atoms with Crippen LogP contribution in [0.4, 0.5) is 4.39 Å². The molecule has 0 atom stereocenters. The van der Waals surface area contributed by atoms with Crippen LogP contribution in [0.15, 0.2) is 36.7 Å². The minimum atomic E-state index is -1.18. The number of carboxylic acids is 1. The van der Waals surface area contributed by atoms with Crippen molar-refractivity contribution in [1.29, 1.82) is 0 Å². The number of rotatable bonds is 2. The molecule has 0 saturated heterocycles. The number of aromatic nitrogens is 2. The zero-order valence-electron chi connectivity index (χ0n) is 8.09. The van der Waals surface area contributed by atoms with Gasteiger partial charge in [0.1, 0.15) is 0 Å². The molecule has 0 aliphatic heterocycles. The van der Waals surface area contributed by atoms with Crippen LogP contribution in [0, 0.1) is 5.95 Å². The Morgan fingerprint density at radius 2 is 1.94 bits per heavy atom. The lowest BCUT2D eigenvalue weighted by Gasteiger charge is -2.02. The van der Waals surface area contributed by atoms with Gasteiger partial charge in [-0.05, 0) is 18.2 Å². The van der Waals surface area contributed by atoms with Crippen molar-refractivity contribution in [2.45, 2.75) is 0 Å². The van der Waals surface area contributed by atoms with E-state index in [0.29, 0.717) is 5.56 Å². The van der Waals surface area contributed by atoms with Gasteiger partial charge < -0.3 is 5.11 Å². The van der Waals surface area contributed by atoms with Crippen LogP contribution in [0.25, 0.3) is 11.3 Å². The van der Waals surface area contributed by atoms with E-state index >= 15 is 0 Å². The highest BCUT2D eigenvalue weighted by atomic mass is 19.1. The molecule has 0 aliphatic rings. The lowest BCUT2D eigenvalue weighted by Crippen LogP contribution is -2.00. The van der Waals surface area contributed by atoms with Crippen molar-refractivity contribution in [2.24, 2.45) is 0 Å². The van der Waals surface area contributed by atoms with Crippen molar-refractivity contribution in [3.8, 4) is 11.3 Å².